The van der Waals surface area contributed by atoms with Crippen molar-refractivity contribution in [2.24, 2.45) is 0 Å². The number of fused-ring (bicyclic) bond motifs is 1. The molecule has 0 aliphatic heterocycles. The van der Waals surface area contributed by atoms with Crippen molar-refractivity contribution in [2.75, 3.05) is 0 Å². The zero-order chi connectivity index (χ0) is 8.39. The van der Waals surface area contributed by atoms with Gasteiger partial charge in [0.15, 0.2) is 0 Å². The van der Waals surface area contributed by atoms with Crippen molar-refractivity contribution < 1.29 is 0 Å². The number of nitrogens with zero attached hydrogens (tertiary/aromatic N) is 2. The van der Waals surface area contributed by atoms with Crippen LogP contribution in [-0.2, 0) is 5.88 Å². The van der Waals surface area contributed by atoms with Crippen LogP contribution in [0.2, 0.25) is 0 Å². The summed E-state index contributed by atoms with van der Waals surface area (Å²) in [5, 5.41) is 9.78. The van der Waals surface area contributed by atoms with E-state index in [4.69, 9.17) is 11.6 Å². The van der Waals surface area contributed by atoms with Gasteiger partial charge in [-0.15, -0.1) is 11.6 Å². The molecule has 60 valence electrons. The molecule has 0 atom stereocenters. The summed E-state index contributed by atoms with van der Waals surface area (Å²) in [5.41, 5.74) is 1.10. The van der Waals surface area contributed by atoms with Gasteiger partial charge in [0.2, 0.25) is 0 Å². The van der Waals surface area contributed by atoms with E-state index in [2.05, 4.69) is 10.2 Å². The molecule has 2 nitrogen and oxygen atoms in total. The minimum atomic E-state index is 0.517. The number of benzene rings is 1. The molecule has 0 N–H and O–H groups in total. The maximum Gasteiger partial charge on any atom is 0.0577 e. The number of alkyl halides is 1. The van der Waals surface area contributed by atoms with Gasteiger partial charge in [-0.25, -0.2) is 0 Å². The third-order valence-corrected chi connectivity index (χ3v) is 2.11. The van der Waals surface area contributed by atoms with E-state index in [0.717, 1.165) is 16.3 Å². The highest BCUT2D eigenvalue weighted by molar-refractivity contribution is 6.18. The van der Waals surface area contributed by atoms with Gasteiger partial charge < -0.3 is 0 Å². The van der Waals surface area contributed by atoms with Crippen LogP contribution in [0.1, 0.15) is 5.56 Å². The Morgan fingerprint density at radius 1 is 1.17 bits per heavy atom. The number of hydrogen-bond donors (Lipinski definition) is 0. The zero-order valence-electron chi connectivity index (χ0n) is 6.37. The van der Waals surface area contributed by atoms with Gasteiger partial charge in [0, 0.05) is 16.7 Å². The second-order valence-electron chi connectivity index (χ2n) is 2.54. The van der Waals surface area contributed by atoms with E-state index in [1.165, 1.54) is 0 Å². The molecule has 0 unspecified atom stereocenters. The van der Waals surface area contributed by atoms with Crippen molar-refractivity contribution >= 4 is 22.4 Å². The van der Waals surface area contributed by atoms with Gasteiger partial charge in [0.05, 0.1) is 12.4 Å². The summed E-state index contributed by atoms with van der Waals surface area (Å²) >= 11 is 5.76. The lowest BCUT2D eigenvalue weighted by molar-refractivity contribution is 1.05. The van der Waals surface area contributed by atoms with E-state index >= 15 is 0 Å². The predicted octanol–water partition coefficient (Wildman–Crippen LogP) is 2.37. The van der Waals surface area contributed by atoms with Gasteiger partial charge in [-0.3, -0.25) is 0 Å². The Hall–Kier alpha value is -1.15. The minimum absolute atomic E-state index is 0.517. The van der Waals surface area contributed by atoms with Crippen molar-refractivity contribution in [1.29, 1.82) is 0 Å². The molecule has 1 heterocycles. The Kier molecular flexibility index (Phi) is 1.92. The van der Waals surface area contributed by atoms with Crippen molar-refractivity contribution in [3.05, 3.63) is 36.2 Å². The second-order valence-corrected chi connectivity index (χ2v) is 2.81. The Balaban J connectivity index is 2.79. The zero-order valence-corrected chi connectivity index (χ0v) is 7.12. The van der Waals surface area contributed by atoms with Gasteiger partial charge >= 0.3 is 0 Å². The highest BCUT2D eigenvalue weighted by Gasteiger charge is 1.98. The van der Waals surface area contributed by atoms with Crippen molar-refractivity contribution in [3.8, 4) is 0 Å². The van der Waals surface area contributed by atoms with Crippen LogP contribution in [0.3, 0.4) is 0 Å². The Morgan fingerprint density at radius 3 is 2.83 bits per heavy atom. The highest BCUT2D eigenvalue weighted by atomic mass is 35.5. The van der Waals surface area contributed by atoms with Crippen molar-refractivity contribution in [1.82, 2.24) is 10.2 Å². The molecule has 0 saturated heterocycles. The average molecular weight is 179 g/mol. The van der Waals surface area contributed by atoms with Crippen LogP contribution in [0.5, 0.6) is 0 Å². The first-order valence-corrected chi connectivity index (χ1v) is 4.19. The molecule has 0 radical (unpaired) electrons. The number of halogens is 1. The van der Waals surface area contributed by atoms with E-state index in [9.17, 15) is 0 Å². The fourth-order valence-electron chi connectivity index (χ4n) is 1.21. The van der Waals surface area contributed by atoms with Gasteiger partial charge in [0.1, 0.15) is 0 Å². The lowest BCUT2D eigenvalue weighted by atomic mass is 10.1. The molecule has 2 rings (SSSR count). The molecule has 0 fully saturated rings. The maximum absolute atomic E-state index is 5.76. The first-order valence-electron chi connectivity index (χ1n) is 3.66. The molecule has 1 aromatic heterocycles. The molecular weight excluding hydrogens is 172 g/mol. The lowest BCUT2D eigenvalue weighted by Gasteiger charge is -1.99. The summed E-state index contributed by atoms with van der Waals surface area (Å²) in [7, 11) is 0. The Morgan fingerprint density at radius 2 is 2.00 bits per heavy atom. The van der Waals surface area contributed by atoms with Crippen molar-refractivity contribution in [3.63, 3.8) is 0 Å². The molecule has 0 bridgehead atoms. The third kappa shape index (κ3) is 1.14. The van der Waals surface area contributed by atoms with E-state index in [-0.39, 0.29) is 0 Å². The standard InChI is InChI=1S/C9H7ClN2/c10-4-7-2-1-3-8-5-11-12-6-9(7)8/h1-3,5-6H,4H2. The fourth-order valence-corrected chi connectivity index (χ4v) is 1.44. The smallest absolute Gasteiger partial charge is 0.0577 e. The number of rotatable bonds is 1. The minimum Gasteiger partial charge on any atom is -0.158 e. The third-order valence-electron chi connectivity index (χ3n) is 1.82. The average Bonchev–Trinajstić information content (AvgIpc) is 2.17. The fraction of sp³-hybridized carbons (Fsp3) is 0.111. The van der Waals surface area contributed by atoms with Crippen LogP contribution in [0.4, 0.5) is 0 Å². The first kappa shape index (κ1) is 7.50. The van der Waals surface area contributed by atoms with Crippen LogP contribution < -0.4 is 0 Å². The van der Waals surface area contributed by atoms with E-state index in [0.29, 0.717) is 5.88 Å². The molecule has 0 aliphatic carbocycles. The summed E-state index contributed by atoms with van der Waals surface area (Å²) in [4.78, 5) is 0. The Labute approximate surface area is 75.2 Å². The number of aromatic nitrogens is 2. The van der Waals surface area contributed by atoms with Gasteiger partial charge in [-0.05, 0) is 5.56 Å². The molecule has 1 aromatic carbocycles. The molecule has 0 aliphatic rings. The van der Waals surface area contributed by atoms with Crippen LogP contribution in [0.25, 0.3) is 10.8 Å². The Bertz CT molecular complexity index is 395. The SMILES string of the molecule is ClCc1cccc2cnncc12. The highest BCUT2D eigenvalue weighted by Crippen LogP contribution is 2.17. The second kappa shape index (κ2) is 3.07. The van der Waals surface area contributed by atoms with Crippen LogP contribution in [-0.4, -0.2) is 10.2 Å². The van der Waals surface area contributed by atoms with E-state index in [1.54, 1.807) is 12.4 Å². The van der Waals surface area contributed by atoms with Crippen LogP contribution in [0.15, 0.2) is 30.6 Å². The first-order chi connectivity index (χ1) is 5.92. The van der Waals surface area contributed by atoms with Gasteiger partial charge in [0.25, 0.3) is 0 Å². The van der Waals surface area contributed by atoms with Gasteiger partial charge in [-0.1, -0.05) is 18.2 Å². The molecule has 12 heavy (non-hydrogen) atoms. The maximum atomic E-state index is 5.76. The largest absolute Gasteiger partial charge is 0.158 e. The van der Waals surface area contributed by atoms with E-state index in [1.807, 2.05) is 18.2 Å². The molecular formula is C9H7ClN2. The lowest BCUT2D eigenvalue weighted by Crippen LogP contribution is -1.85. The molecule has 3 heteroatoms. The molecule has 2 aromatic rings. The quantitative estimate of drug-likeness (QED) is 0.627. The van der Waals surface area contributed by atoms with Crippen LogP contribution >= 0.6 is 11.6 Å². The summed E-state index contributed by atoms with van der Waals surface area (Å²) < 4.78 is 0. The molecule has 0 amide bonds. The van der Waals surface area contributed by atoms with E-state index < -0.39 is 0 Å². The summed E-state index contributed by atoms with van der Waals surface area (Å²) in [5.74, 6) is 0.517. The predicted molar refractivity (Wildman–Crippen MR) is 49.1 cm³/mol. The molecule has 0 spiro atoms. The normalized spacial score (nSPS) is 10.4. The number of hydrogen-bond acceptors (Lipinski definition) is 2. The topological polar surface area (TPSA) is 25.8 Å². The summed E-state index contributed by atoms with van der Waals surface area (Å²) in [6.45, 7) is 0. The van der Waals surface area contributed by atoms with Gasteiger partial charge in [-0.2, -0.15) is 10.2 Å². The molecule has 0 saturated carbocycles. The summed E-state index contributed by atoms with van der Waals surface area (Å²) in [6, 6.07) is 5.97. The van der Waals surface area contributed by atoms with Crippen molar-refractivity contribution in [2.45, 2.75) is 5.88 Å². The summed E-state index contributed by atoms with van der Waals surface area (Å²) in [6.07, 6.45) is 3.48. The monoisotopic (exact) mass is 178 g/mol. The van der Waals surface area contributed by atoms with Crippen LogP contribution in [0, 0.1) is 0 Å².